The quantitative estimate of drug-likeness (QED) is 0.225. The average molecular weight is 354 g/mol. The van der Waals surface area contributed by atoms with Crippen LogP contribution in [-0.4, -0.2) is 64.4 Å². The van der Waals surface area contributed by atoms with Gasteiger partial charge < -0.3 is 16.6 Å². The zero-order valence-corrected chi connectivity index (χ0v) is 15.4. The maximum absolute atomic E-state index is 10.8. The number of unbranched alkanes of at least 4 members (excludes halogenated alkanes) is 11. The molecule has 0 unspecified atom stereocenters. The molecule has 0 aliphatic heterocycles. The van der Waals surface area contributed by atoms with Gasteiger partial charge in [0.1, 0.15) is 5.79 Å². The van der Waals surface area contributed by atoms with Crippen molar-refractivity contribution in [1.82, 2.24) is 4.90 Å². The first kappa shape index (κ1) is 26.6. The van der Waals surface area contributed by atoms with Crippen molar-refractivity contribution in [2.75, 3.05) is 13.1 Å². The van der Waals surface area contributed by atoms with E-state index >= 15 is 0 Å². The SMILES string of the molecule is CCCCCCCCCCCCCCN(CC(=O)O)C(C)(N)N.[NaH]. The summed E-state index contributed by atoms with van der Waals surface area (Å²) >= 11 is 0. The first-order valence-corrected chi connectivity index (χ1v) is 9.42. The number of nitrogens with zero attached hydrogens (tertiary/aromatic N) is 1. The van der Waals surface area contributed by atoms with Crippen LogP contribution in [0.15, 0.2) is 0 Å². The van der Waals surface area contributed by atoms with Gasteiger partial charge in [-0.1, -0.05) is 77.6 Å². The average Bonchev–Trinajstić information content (AvgIpc) is 2.45. The Morgan fingerprint density at radius 2 is 1.25 bits per heavy atom. The van der Waals surface area contributed by atoms with Crippen LogP contribution in [-0.2, 0) is 4.79 Å². The van der Waals surface area contributed by atoms with E-state index in [9.17, 15) is 4.79 Å². The van der Waals surface area contributed by atoms with E-state index in [1.807, 2.05) is 0 Å². The van der Waals surface area contributed by atoms with Crippen molar-refractivity contribution >= 4 is 35.5 Å². The van der Waals surface area contributed by atoms with E-state index < -0.39 is 11.8 Å². The molecule has 140 valence electrons. The van der Waals surface area contributed by atoms with Gasteiger partial charge in [0.15, 0.2) is 0 Å². The molecule has 0 aromatic carbocycles. The molecule has 0 amide bonds. The van der Waals surface area contributed by atoms with E-state index in [0.717, 1.165) is 12.8 Å². The normalized spacial score (nSPS) is 11.5. The van der Waals surface area contributed by atoms with Crippen LogP contribution < -0.4 is 11.5 Å². The van der Waals surface area contributed by atoms with Gasteiger partial charge in [-0.25, -0.2) is 0 Å². The number of carboxylic acids is 1. The Hall–Kier alpha value is 0.350. The Labute approximate surface area is 171 Å². The maximum atomic E-state index is 10.8. The molecular weight excluding hydrogens is 313 g/mol. The molecule has 6 heteroatoms. The zero-order valence-electron chi connectivity index (χ0n) is 15.4. The van der Waals surface area contributed by atoms with Crippen molar-refractivity contribution in [3.05, 3.63) is 0 Å². The molecule has 0 aromatic rings. The molecule has 0 heterocycles. The summed E-state index contributed by atoms with van der Waals surface area (Å²) in [6.07, 6.45) is 15.5. The topological polar surface area (TPSA) is 92.6 Å². The van der Waals surface area contributed by atoms with Gasteiger partial charge in [0.05, 0.1) is 6.54 Å². The van der Waals surface area contributed by atoms with Gasteiger partial charge in [-0.05, 0) is 13.3 Å². The number of rotatable bonds is 16. The van der Waals surface area contributed by atoms with Crippen LogP contribution in [0.3, 0.4) is 0 Å². The monoisotopic (exact) mass is 353 g/mol. The summed E-state index contributed by atoms with van der Waals surface area (Å²) in [4.78, 5) is 12.5. The predicted octanol–water partition coefficient (Wildman–Crippen LogP) is 3.02. The van der Waals surface area contributed by atoms with Crippen molar-refractivity contribution in [3.63, 3.8) is 0 Å². The molecular formula is C18H40N3NaO2. The molecule has 0 saturated heterocycles. The molecule has 0 radical (unpaired) electrons. The molecule has 24 heavy (non-hydrogen) atoms. The molecule has 0 aromatic heterocycles. The summed E-state index contributed by atoms with van der Waals surface area (Å²) in [6.45, 7) is 4.45. The summed E-state index contributed by atoms with van der Waals surface area (Å²) in [7, 11) is 0. The van der Waals surface area contributed by atoms with Crippen molar-refractivity contribution in [3.8, 4) is 0 Å². The molecule has 5 nitrogen and oxygen atoms in total. The minimum atomic E-state index is -1.06. The van der Waals surface area contributed by atoms with Gasteiger partial charge in [-0.3, -0.25) is 9.69 Å². The number of hydrogen-bond acceptors (Lipinski definition) is 4. The zero-order chi connectivity index (χ0) is 17.6. The van der Waals surface area contributed by atoms with Crippen LogP contribution in [0.2, 0.25) is 0 Å². The van der Waals surface area contributed by atoms with Gasteiger partial charge in [0.25, 0.3) is 0 Å². The van der Waals surface area contributed by atoms with Gasteiger partial charge >= 0.3 is 35.5 Å². The van der Waals surface area contributed by atoms with E-state index in [1.165, 1.54) is 64.2 Å². The molecule has 0 atom stereocenters. The Kier molecular flexibility index (Phi) is 18.6. The summed E-state index contributed by atoms with van der Waals surface area (Å²) in [5.41, 5.74) is 11.6. The van der Waals surface area contributed by atoms with Crippen LogP contribution in [0, 0.1) is 0 Å². The summed E-state index contributed by atoms with van der Waals surface area (Å²) < 4.78 is 0. The van der Waals surface area contributed by atoms with Crippen LogP contribution in [0.4, 0.5) is 0 Å². The number of hydrogen-bond donors (Lipinski definition) is 3. The predicted molar refractivity (Wildman–Crippen MR) is 104 cm³/mol. The summed E-state index contributed by atoms with van der Waals surface area (Å²) in [5, 5.41) is 8.89. The van der Waals surface area contributed by atoms with Crippen molar-refractivity contribution < 1.29 is 9.90 Å². The second kappa shape index (κ2) is 16.8. The Balaban J connectivity index is 0. The van der Waals surface area contributed by atoms with Crippen molar-refractivity contribution in [2.24, 2.45) is 11.5 Å². The number of nitrogens with two attached hydrogens (primary N) is 2. The number of aliphatic carboxylic acids is 1. The van der Waals surface area contributed by atoms with E-state index in [0.29, 0.717) is 6.54 Å². The van der Waals surface area contributed by atoms with Crippen LogP contribution in [0.5, 0.6) is 0 Å². The number of carbonyl (C=O) groups is 1. The van der Waals surface area contributed by atoms with Crippen molar-refractivity contribution in [2.45, 2.75) is 96.7 Å². The van der Waals surface area contributed by atoms with E-state index in [4.69, 9.17) is 16.6 Å². The van der Waals surface area contributed by atoms with Gasteiger partial charge in [0, 0.05) is 6.54 Å². The molecule has 0 rings (SSSR count). The summed E-state index contributed by atoms with van der Waals surface area (Å²) in [5.74, 6) is -1.94. The third-order valence-corrected chi connectivity index (χ3v) is 4.29. The van der Waals surface area contributed by atoms with E-state index in [-0.39, 0.29) is 36.1 Å². The molecule has 0 bridgehead atoms. The van der Waals surface area contributed by atoms with Gasteiger partial charge in [0.2, 0.25) is 0 Å². The standard InChI is InChI=1S/C18H39N3O2.Na.H/c1-3-4-5-6-7-8-9-10-11-12-13-14-15-21(16-17(22)23)18(2,19)20;;/h3-16,19-20H2,1-2H3,(H,22,23);;. The molecule has 0 fully saturated rings. The van der Waals surface area contributed by atoms with Gasteiger partial charge in [-0.2, -0.15) is 0 Å². The van der Waals surface area contributed by atoms with E-state index in [2.05, 4.69) is 6.92 Å². The van der Waals surface area contributed by atoms with Crippen LogP contribution in [0.1, 0.15) is 90.9 Å². The molecule has 0 aliphatic rings. The fourth-order valence-corrected chi connectivity index (χ4v) is 2.80. The Bertz CT molecular complexity index is 296. The molecule has 5 N–H and O–H groups in total. The fraction of sp³-hybridized carbons (Fsp3) is 0.944. The summed E-state index contributed by atoms with van der Waals surface area (Å²) in [6, 6.07) is 0. The molecule has 0 spiro atoms. The third kappa shape index (κ3) is 17.2. The van der Waals surface area contributed by atoms with Crippen molar-refractivity contribution in [1.29, 1.82) is 0 Å². The fourth-order valence-electron chi connectivity index (χ4n) is 2.80. The first-order chi connectivity index (χ1) is 10.9. The number of carboxylic acid groups (broad SMARTS) is 1. The van der Waals surface area contributed by atoms with Gasteiger partial charge in [-0.15, -0.1) is 0 Å². The second-order valence-corrected chi connectivity index (χ2v) is 6.93. The minimum absolute atomic E-state index is 0. The first-order valence-electron chi connectivity index (χ1n) is 9.42. The van der Waals surface area contributed by atoms with E-state index in [1.54, 1.807) is 11.8 Å². The molecule has 0 saturated carbocycles. The Morgan fingerprint density at radius 3 is 1.58 bits per heavy atom. The second-order valence-electron chi connectivity index (χ2n) is 6.93. The third-order valence-electron chi connectivity index (χ3n) is 4.29. The van der Waals surface area contributed by atoms with Crippen LogP contribution in [0.25, 0.3) is 0 Å². The molecule has 0 aliphatic carbocycles. The Morgan fingerprint density at radius 1 is 0.875 bits per heavy atom. The van der Waals surface area contributed by atoms with Crippen LogP contribution >= 0.6 is 0 Å².